The first-order chi connectivity index (χ1) is 20.8. The van der Waals surface area contributed by atoms with E-state index in [0.717, 1.165) is 44.8 Å². The number of carboxylic acids is 1. The van der Waals surface area contributed by atoms with Gasteiger partial charge >= 0.3 is 12.1 Å². The van der Waals surface area contributed by atoms with Crippen molar-refractivity contribution in [1.82, 2.24) is 9.97 Å². The molecule has 0 amide bonds. The molecule has 0 fully saturated rings. The zero-order chi connectivity index (χ0) is 30.0. The summed E-state index contributed by atoms with van der Waals surface area (Å²) in [5.74, 6) is -0.897. The minimum Gasteiger partial charge on any atom is -0.481 e. The lowest BCUT2D eigenvalue weighted by atomic mass is 9.92. The van der Waals surface area contributed by atoms with Crippen molar-refractivity contribution in [2.75, 3.05) is 5.32 Å². The average molecular weight is 578 g/mol. The standard InChI is InChI=1S/C35H26F3N3O2/c36-35(37,38)30-13-5-12-29-33(26(21-41-34(29)30)15-22-7-2-1-3-8-22)25-16-23(18-39-20-25)19-40-31-14-6-10-27-24(17-32(42)43)9-4-11-28(27)31/h1-14,16,18,20-21,40H,15,17,19H2,(H,42,43). The molecule has 0 saturated carbocycles. The van der Waals surface area contributed by atoms with Crippen LogP contribution in [0.15, 0.2) is 110 Å². The number of aromatic nitrogens is 2. The summed E-state index contributed by atoms with van der Waals surface area (Å²) in [6.45, 7) is 0.397. The molecule has 4 aromatic carbocycles. The van der Waals surface area contributed by atoms with Gasteiger partial charge in [0.2, 0.25) is 0 Å². The van der Waals surface area contributed by atoms with Gasteiger partial charge in [0.1, 0.15) is 0 Å². The zero-order valence-corrected chi connectivity index (χ0v) is 22.9. The Morgan fingerprint density at radius 1 is 0.767 bits per heavy atom. The third-order valence-corrected chi connectivity index (χ3v) is 7.44. The van der Waals surface area contributed by atoms with Crippen molar-refractivity contribution >= 4 is 33.3 Å². The molecule has 2 heterocycles. The largest absolute Gasteiger partial charge is 0.481 e. The van der Waals surface area contributed by atoms with Crippen molar-refractivity contribution in [2.45, 2.75) is 25.6 Å². The van der Waals surface area contributed by atoms with E-state index in [0.29, 0.717) is 29.5 Å². The highest BCUT2D eigenvalue weighted by molar-refractivity contribution is 5.98. The van der Waals surface area contributed by atoms with E-state index >= 15 is 0 Å². The number of benzene rings is 4. The highest BCUT2D eigenvalue weighted by Gasteiger charge is 2.33. The van der Waals surface area contributed by atoms with Gasteiger partial charge in [-0.05, 0) is 57.8 Å². The van der Waals surface area contributed by atoms with E-state index < -0.39 is 17.7 Å². The third-order valence-electron chi connectivity index (χ3n) is 7.44. The molecule has 2 N–H and O–H groups in total. The number of pyridine rings is 2. The van der Waals surface area contributed by atoms with E-state index in [-0.39, 0.29) is 11.9 Å². The summed E-state index contributed by atoms with van der Waals surface area (Å²) < 4.78 is 41.8. The quantitative estimate of drug-likeness (QED) is 0.190. The fourth-order valence-electron chi connectivity index (χ4n) is 5.55. The van der Waals surface area contributed by atoms with Gasteiger partial charge in [0.25, 0.3) is 0 Å². The van der Waals surface area contributed by atoms with Gasteiger partial charge in [-0.1, -0.05) is 72.8 Å². The summed E-state index contributed by atoms with van der Waals surface area (Å²) in [4.78, 5) is 20.1. The SMILES string of the molecule is O=C(O)Cc1cccc2c(NCc3cncc(-c4c(Cc5ccccc5)cnc5c(C(F)(F)F)cccc45)c3)cccc12. The van der Waals surface area contributed by atoms with Gasteiger partial charge in [-0.2, -0.15) is 13.2 Å². The Morgan fingerprint density at radius 2 is 1.51 bits per heavy atom. The monoisotopic (exact) mass is 577 g/mol. The number of rotatable bonds is 8. The molecule has 0 aliphatic heterocycles. The van der Waals surface area contributed by atoms with Crippen LogP contribution in [0.4, 0.5) is 18.9 Å². The number of halogens is 3. The van der Waals surface area contributed by atoms with Crippen molar-refractivity contribution in [2.24, 2.45) is 0 Å². The predicted octanol–water partition coefficient (Wildman–Crippen LogP) is 8.30. The molecule has 43 heavy (non-hydrogen) atoms. The summed E-state index contributed by atoms with van der Waals surface area (Å²) in [6.07, 6.45) is 0.801. The lowest BCUT2D eigenvalue weighted by molar-refractivity contribution is -0.137. The molecule has 0 aliphatic rings. The number of nitrogens with zero attached hydrogens (tertiary/aromatic N) is 2. The number of hydrogen-bond acceptors (Lipinski definition) is 4. The second kappa shape index (κ2) is 11.6. The van der Waals surface area contributed by atoms with Crippen LogP contribution in [0.5, 0.6) is 0 Å². The Bertz CT molecular complexity index is 1960. The van der Waals surface area contributed by atoms with Crippen LogP contribution < -0.4 is 5.32 Å². The topological polar surface area (TPSA) is 75.1 Å². The van der Waals surface area contributed by atoms with Crippen LogP contribution in [0.25, 0.3) is 32.8 Å². The summed E-state index contributed by atoms with van der Waals surface area (Å²) in [6, 6.07) is 27.1. The maximum Gasteiger partial charge on any atom is 0.418 e. The number of anilines is 1. The molecule has 0 unspecified atom stereocenters. The minimum absolute atomic E-state index is 0.0754. The lowest BCUT2D eigenvalue weighted by Crippen LogP contribution is -2.08. The number of nitrogens with one attached hydrogen (secondary N) is 1. The summed E-state index contributed by atoms with van der Waals surface area (Å²) >= 11 is 0. The Hall–Kier alpha value is -5.24. The van der Waals surface area contributed by atoms with E-state index in [4.69, 9.17) is 0 Å². The van der Waals surface area contributed by atoms with Crippen LogP contribution in [0, 0.1) is 0 Å². The molecule has 0 aliphatic carbocycles. The second-order valence-electron chi connectivity index (χ2n) is 10.3. The highest BCUT2D eigenvalue weighted by atomic mass is 19.4. The first-order valence-electron chi connectivity index (χ1n) is 13.7. The number of aliphatic carboxylic acids is 1. The van der Waals surface area contributed by atoms with Gasteiger partial charge in [0.15, 0.2) is 0 Å². The van der Waals surface area contributed by atoms with E-state index in [1.165, 1.54) is 12.3 Å². The van der Waals surface area contributed by atoms with Gasteiger partial charge in [0, 0.05) is 47.2 Å². The summed E-state index contributed by atoms with van der Waals surface area (Å²) in [5, 5.41) is 14.9. The van der Waals surface area contributed by atoms with Crippen molar-refractivity contribution in [3.8, 4) is 11.1 Å². The summed E-state index contributed by atoms with van der Waals surface area (Å²) in [7, 11) is 0. The molecule has 0 spiro atoms. The molecule has 6 aromatic rings. The number of hydrogen-bond donors (Lipinski definition) is 2. The van der Waals surface area contributed by atoms with Crippen LogP contribution >= 0.6 is 0 Å². The van der Waals surface area contributed by atoms with Crippen LogP contribution in [0.2, 0.25) is 0 Å². The molecule has 0 bridgehead atoms. The van der Waals surface area contributed by atoms with E-state index in [1.54, 1.807) is 18.5 Å². The number of carbonyl (C=O) groups is 1. The van der Waals surface area contributed by atoms with Crippen LogP contribution in [0.1, 0.15) is 27.8 Å². The molecule has 8 heteroatoms. The molecule has 0 atom stereocenters. The lowest BCUT2D eigenvalue weighted by Gasteiger charge is -2.17. The molecular formula is C35H26F3N3O2. The molecule has 0 saturated heterocycles. The Balaban J connectivity index is 1.40. The smallest absolute Gasteiger partial charge is 0.418 e. The van der Waals surface area contributed by atoms with Gasteiger partial charge in [-0.25, -0.2) is 0 Å². The number of fused-ring (bicyclic) bond motifs is 2. The third kappa shape index (κ3) is 5.90. The van der Waals surface area contributed by atoms with Crippen molar-refractivity contribution in [3.63, 3.8) is 0 Å². The maximum atomic E-state index is 13.9. The van der Waals surface area contributed by atoms with Crippen LogP contribution in [-0.2, 0) is 30.4 Å². The molecule has 214 valence electrons. The Morgan fingerprint density at radius 3 is 2.30 bits per heavy atom. The molecular weight excluding hydrogens is 551 g/mol. The van der Waals surface area contributed by atoms with Gasteiger partial charge in [-0.15, -0.1) is 0 Å². The summed E-state index contributed by atoms with van der Waals surface area (Å²) in [5.41, 5.74) is 4.69. The minimum atomic E-state index is -4.54. The fourth-order valence-corrected chi connectivity index (χ4v) is 5.55. The normalized spacial score (nSPS) is 11.6. The first kappa shape index (κ1) is 27.9. The zero-order valence-electron chi connectivity index (χ0n) is 22.9. The van der Waals surface area contributed by atoms with Gasteiger partial charge < -0.3 is 10.4 Å². The van der Waals surface area contributed by atoms with E-state index in [2.05, 4.69) is 15.3 Å². The molecule has 0 radical (unpaired) electrons. The second-order valence-corrected chi connectivity index (χ2v) is 10.3. The average Bonchev–Trinajstić information content (AvgIpc) is 2.99. The van der Waals surface area contributed by atoms with Crippen LogP contribution in [-0.4, -0.2) is 21.0 Å². The van der Waals surface area contributed by atoms with Crippen molar-refractivity contribution < 1.29 is 23.1 Å². The van der Waals surface area contributed by atoms with Gasteiger partial charge in [-0.3, -0.25) is 14.8 Å². The van der Waals surface area contributed by atoms with Crippen molar-refractivity contribution in [3.05, 3.63) is 137 Å². The number of para-hydroxylation sites is 1. The fraction of sp³-hybridized carbons (Fsp3) is 0.114. The first-order valence-corrected chi connectivity index (χ1v) is 13.7. The number of carboxylic acid groups (broad SMARTS) is 1. The van der Waals surface area contributed by atoms with Crippen LogP contribution in [0.3, 0.4) is 0 Å². The Kier molecular flexibility index (Phi) is 7.50. The molecule has 2 aromatic heterocycles. The molecule has 6 rings (SSSR count). The van der Waals surface area contributed by atoms with E-state index in [9.17, 15) is 23.1 Å². The number of alkyl halides is 3. The van der Waals surface area contributed by atoms with E-state index in [1.807, 2.05) is 72.8 Å². The molecule has 5 nitrogen and oxygen atoms in total. The van der Waals surface area contributed by atoms with Crippen molar-refractivity contribution in [1.29, 1.82) is 0 Å². The highest BCUT2D eigenvalue weighted by Crippen LogP contribution is 2.39. The predicted molar refractivity (Wildman–Crippen MR) is 162 cm³/mol. The maximum absolute atomic E-state index is 13.9. The Labute approximate surface area is 245 Å². The van der Waals surface area contributed by atoms with Gasteiger partial charge in [0.05, 0.1) is 17.5 Å².